The van der Waals surface area contributed by atoms with Gasteiger partial charge in [-0.2, -0.15) is 0 Å². The van der Waals surface area contributed by atoms with Gasteiger partial charge in [0.1, 0.15) is 11.2 Å². The monoisotopic (exact) mass is 674 g/mol. The largest absolute Gasteiger partial charge is 0.456 e. The van der Waals surface area contributed by atoms with Crippen LogP contribution in [-0.4, -0.2) is 9.13 Å². The van der Waals surface area contributed by atoms with Gasteiger partial charge in [-0.1, -0.05) is 121 Å². The molecule has 0 aliphatic rings. The smallest absolute Gasteiger partial charge is 0.137 e. The molecule has 12 aromatic rings. The fourth-order valence-electron chi connectivity index (χ4n) is 8.96. The van der Waals surface area contributed by atoms with E-state index in [0.717, 1.165) is 27.6 Å². The van der Waals surface area contributed by atoms with E-state index in [0.29, 0.717) is 0 Å². The maximum Gasteiger partial charge on any atom is 0.137 e. The maximum absolute atomic E-state index is 6.45. The molecule has 3 aromatic heterocycles. The maximum atomic E-state index is 6.45. The van der Waals surface area contributed by atoms with Crippen LogP contribution in [0.4, 0.5) is 0 Å². The summed E-state index contributed by atoms with van der Waals surface area (Å²) in [5.74, 6) is 0. The third-order valence-corrected chi connectivity index (χ3v) is 11.3. The average molecular weight is 675 g/mol. The first-order chi connectivity index (χ1) is 26.3. The van der Waals surface area contributed by atoms with Gasteiger partial charge < -0.3 is 13.6 Å². The van der Waals surface area contributed by atoms with E-state index >= 15 is 0 Å². The molecule has 3 heteroatoms. The quantitative estimate of drug-likeness (QED) is 0.183. The summed E-state index contributed by atoms with van der Waals surface area (Å²) in [5.41, 5.74) is 11.3. The summed E-state index contributed by atoms with van der Waals surface area (Å²) in [4.78, 5) is 0. The van der Waals surface area contributed by atoms with Crippen molar-refractivity contribution in [2.24, 2.45) is 0 Å². The number of furan rings is 1. The molecule has 9 aromatic carbocycles. The molecule has 0 aliphatic carbocycles. The van der Waals surface area contributed by atoms with Crippen LogP contribution in [0.3, 0.4) is 0 Å². The van der Waals surface area contributed by atoms with Crippen LogP contribution in [0.15, 0.2) is 186 Å². The molecule has 0 unspecified atom stereocenters. The second-order valence-corrected chi connectivity index (χ2v) is 14.1. The zero-order chi connectivity index (χ0) is 34.6. The minimum absolute atomic E-state index is 0.899. The lowest BCUT2D eigenvalue weighted by Gasteiger charge is -2.13. The Kier molecular flexibility index (Phi) is 5.77. The van der Waals surface area contributed by atoms with Gasteiger partial charge in [0, 0.05) is 37.7 Å². The first-order valence-electron chi connectivity index (χ1n) is 18.2. The fourth-order valence-corrected chi connectivity index (χ4v) is 8.96. The highest BCUT2D eigenvalue weighted by atomic mass is 16.3. The van der Waals surface area contributed by atoms with Crippen molar-refractivity contribution in [1.82, 2.24) is 9.13 Å². The molecule has 0 amide bonds. The first kappa shape index (κ1) is 28.6. The van der Waals surface area contributed by atoms with Crippen molar-refractivity contribution < 1.29 is 4.42 Å². The highest BCUT2D eigenvalue weighted by Crippen LogP contribution is 2.44. The van der Waals surface area contributed by atoms with Crippen LogP contribution in [0.1, 0.15) is 0 Å². The van der Waals surface area contributed by atoms with E-state index in [1.165, 1.54) is 82.0 Å². The topological polar surface area (TPSA) is 23.0 Å². The molecular formula is C50H30N2O. The van der Waals surface area contributed by atoms with Gasteiger partial charge in [-0.05, 0) is 82.6 Å². The highest BCUT2D eigenvalue weighted by molar-refractivity contribution is 6.25. The number of hydrogen-bond donors (Lipinski definition) is 0. The standard InChI is InChI=1S/C50H30N2O/c1-3-15-35-31(11-1)13-9-20-42(35)51-44-19-7-5-17-37(44)40-29-33(23-26-45(40)51)34-24-27-46-41(30-34)38-25-28-48-49(39-18-6-8-22-47(39)53-48)50(38)52(46)43-21-10-14-32-12-2-4-16-36(32)43/h1-30H. The molecule has 0 fully saturated rings. The zero-order valence-electron chi connectivity index (χ0n) is 28.6. The van der Waals surface area contributed by atoms with Crippen LogP contribution < -0.4 is 0 Å². The van der Waals surface area contributed by atoms with Crippen molar-refractivity contribution in [3.8, 4) is 22.5 Å². The van der Waals surface area contributed by atoms with E-state index in [1.807, 2.05) is 6.07 Å². The van der Waals surface area contributed by atoms with Gasteiger partial charge in [-0.15, -0.1) is 0 Å². The number of hydrogen-bond acceptors (Lipinski definition) is 1. The molecule has 3 nitrogen and oxygen atoms in total. The van der Waals surface area contributed by atoms with Crippen LogP contribution in [-0.2, 0) is 0 Å². The van der Waals surface area contributed by atoms with Crippen LogP contribution >= 0.6 is 0 Å². The Labute approximate surface area is 304 Å². The molecule has 3 heterocycles. The second kappa shape index (κ2) is 10.7. The summed E-state index contributed by atoms with van der Waals surface area (Å²) >= 11 is 0. The Morgan fingerprint density at radius 1 is 0.321 bits per heavy atom. The first-order valence-corrected chi connectivity index (χ1v) is 18.2. The molecule has 0 atom stereocenters. The Balaban J connectivity index is 1.14. The summed E-state index contributed by atoms with van der Waals surface area (Å²) in [6, 6.07) is 66.1. The van der Waals surface area contributed by atoms with Crippen molar-refractivity contribution in [1.29, 1.82) is 0 Å². The molecule has 0 saturated carbocycles. The number of aromatic nitrogens is 2. The fraction of sp³-hybridized carbons (Fsp3) is 0. The number of para-hydroxylation sites is 2. The van der Waals surface area contributed by atoms with E-state index in [9.17, 15) is 0 Å². The van der Waals surface area contributed by atoms with Gasteiger partial charge in [0.05, 0.1) is 38.8 Å². The van der Waals surface area contributed by atoms with Gasteiger partial charge in [0.2, 0.25) is 0 Å². The van der Waals surface area contributed by atoms with E-state index in [1.54, 1.807) is 0 Å². The number of fused-ring (bicyclic) bond motifs is 12. The summed E-state index contributed by atoms with van der Waals surface area (Å²) in [5, 5.41) is 12.1. The Morgan fingerprint density at radius 3 is 1.57 bits per heavy atom. The number of nitrogens with zero attached hydrogens (tertiary/aromatic N) is 2. The molecule has 246 valence electrons. The van der Waals surface area contributed by atoms with Crippen molar-refractivity contribution in [3.05, 3.63) is 182 Å². The van der Waals surface area contributed by atoms with Gasteiger partial charge in [-0.3, -0.25) is 0 Å². The van der Waals surface area contributed by atoms with Crippen molar-refractivity contribution >= 4 is 87.1 Å². The number of rotatable bonds is 3. The third kappa shape index (κ3) is 3.99. The lowest BCUT2D eigenvalue weighted by Crippen LogP contribution is -1.95. The van der Waals surface area contributed by atoms with Crippen molar-refractivity contribution in [3.63, 3.8) is 0 Å². The molecular weight excluding hydrogens is 645 g/mol. The van der Waals surface area contributed by atoms with E-state index in [-0.39, 0.29) is 0 Å². The molecule has 12 rings (SSSR count). The molecule has 53 heavy (non-hydrogen) atoms. The summed E-state index contributed by atoms with van der Waals surface area (Å²) in [6.45, 7) is 0. The van der Waals surface area contributed by atoms with Crippen LogP contribution in [0.5, 0.6) is 0 Å². The molecule has 0 N–H and O–H groups in total. The molecule has 0 saturated heterocycles. The van der Waals surface area contributed by atoms with Gasteiger partial charge in [0.25, 0.3) is 0 Å². The molecule has 0 bridgehead atoms. The number of benzene rings is 9. The third-order valence-electron chi connectivity index (χ3n) is 11.3. The zero-order valence-corrected chi connectivity index (χ0v) is 28.6. The Bertz CT molecular complexity index is 3460. The summed E-state index contributed by atoms with van der Waals surface area (Å²) in [7, 11) is 0. The van der Waals surface area contributed by atoms with E-state index in [4.69, 9.17) is 4.42 Å². The van der Waals surface area contributed by atoms with Gasteiger partial charge in [-0.25, -0.2) is 0 Å². The minimum atomic E-state index is 0.899. The van der Waals surface area contributed by atoms with Crippen molar-refractivity contribution in [2.75, 3.05) is 0 Å². The SMILES string of the molecule is c1ccc2c(-n3c4ccccc4c4cc(-c5ccc6c(c5)c5ccc7oc8ccccc8c7c5n6-c5cccc6ccccc56)ccc43)cccc2c1. The minimum Gasteiger partial charge on any atom is -0.456 e. The van der Waals surface area contributed by atoms with Crippen LogP contribution in [0.2, 0.25) is 0 Å². The van der Waals surface area contributed by atoms with E-state index in [2.05, 4.69) is 185 Å². The van der Waals surface area contributed by atoms with Crippen molar-refractivity contribution in [2.45, 2.75) is 0 Å². The summed E-state index contributed by atoms with van der Waals surface area (Å²) < 4.78 is 11.3. The molecule has 0 aliphatic heterocycles. The van der Waals surface area contributed by atoms with Crippen LogP contribution in [0, 0.1) is 0 Å². The Hall–Kier alpha value is -7.10. The summed E-state index contributed by atoms with van der Waals surface area (Å²) in [6.07, 6.45) is 0. The van der Waals surface area contributed by atoms with E-state index < -0.39 is 0 Å². The Morgan fingerprint density at radius 2 is 0.849 bits per heavy atom. The van der Waals surface area contributed by atoms with Gasteiger partial charge in [0.15, 0.2) is 0 Å². The van der Waals surface area contributed by atoms with Crippen LogP contribution in [0.25, 0.3) is 110 Å². The predicted molar refractivity (Wildman–Crippen MR) is 223 cm³/mol. The normalized spacial score (nSPS) is 12.2. The predicted octanol–water partition coefficient (Wildman–Crippen LogP) is 13.8. The second-order valence-electron chi connectivity index (χ2n) is 14.1. The van der Waals surface area contributed by atoms with Gasteiger partial charge >= 0.3 is 0 Å². The molecule has 0 spiro atoms. The highest BCUT2D eigenvalue weighted by Gasteiger charge is 2.21. The lowest BCUT2D eigenvalue weighted by atomic mass is 10.00. The molecule has 0 radical (unpaired) electrons. The average Bonchev–Trinajstić information content (AvgIpc) is 3.87. The lowest BCUT2D eigenvalue weighted by molar-refractivity contribution is 0.669.